The zero-order valence-corrected chi connectivity index (χ0v) is 16.4. The van der Waals surface area contributed by atoms with Crippen LogP contribution in [0.15, 0.2) is 12.1 Å². The van der Waals surface area contributed by atoms with Gasteiger partial charge in [0.1, 0.15) is 11.6 Å². The molecule has 3 heterocycles. The Morgan fingerprint density at radius 1 is 1.15 bits per heavy atom. The highest BCUT2D eigenvalue weighted by molar-refractivity contribution is 5.77. The van der Waals surface area contributed by atoms with Crippen molar-refractivity contribution in [3.05, 3.63) is 35.0 Å². The van der Waals surface area contributed by atoms with Crippen molar-refractivity contribution in [2.45, 2.75) is 39.5 Å². The van der Waals surface area contributed by atoms with Crippen LogP contribution in [0.5, 0.6) is 0 Å². The number of amides is 1. The molecule has 0 saturated carbocycles. The van der Waals surface area contributed by atoms with E-state index >= 15 is 0 Å². The zero-order valence-electron chi connectivity index (χ0n) is 16.4. The largest absolute Gasteiger partial charge is 0.358 e. The summed E-state index contributed by atoms with van der Waals surface area (Å²) in [5.41, 5.74) is 2.82. The lowest BCUT2D eigenvalue weighted by atomic mass is 9.94. The van der Waals surface area contributed by atoms with Gasteiger partial charge in [-0.05, 0) is 46.2 Å². The van der Waals surface area contributed by atoms with E-state index in [0.717, 1.165) is 43.0 Å². The Hall–Kier alpha value is -2.61. The van der Waals surface area contributed by atoms with Crippen LogP contribution in [0.25, 0.3) is 0 Å². The Morgan fingerprint density at radius 2 is 1.89 bits per heavy atom. The molecule has 27 heavy (non-hydrogen) atoms. The molecule has 1 amide bonds. The predicted octanol–water partition coefficient (Wildman–Crippen LogP) is 1.86. The number of rotatable bonds is 5. The molecule has 2 N–H and O–H groups in total. The highest BCUT2D eigenvalue weighted by Gasteiger charge is 2.24. The fraction of sp³-hybridized carbons (Fsp3) is 0.526. The maximum absolute atomic E-state index is 11.7. The molecule has 3 rings (SSSR count). The molecule has 1 aliphatic heterocycles. The molecule has 2 aromatic rings. The van der Waals surface area contributed by atoms with Gasteiger partial charge in [-0.3, -0.25) is 9.69 Å². The summed E-state index contributed by atoms with van der Waals surface area (Å²) in [6, 6.07) is 3.91. The van der Waals surface area contributed by atoms with Crippen molar-refractivity contribution >= 4 is 17.7 Å². The van der Waals surface area contributed by atoms with Crippen LogP contribution in [0, 0.1) is 20.8 Å². The molecule has 0 bridgehead atoms. The van der Waals surface area contributed by atoms with E-state index in [2.05, 4.69) is 35.5 Å². The van der Waals surface area contributed by atoms with Gasteiger partial charge in [-0.1, -0.05) is 0 Å². The van der Waals surface area contributed by atoms with Gasteiger partial charge in [0.25, 0.3) is 0 Å². The van der Waals surface area contributed by atoms with Crippen LogP contribution in [0.4, 0.5) is 11.8 Å². The summed E-state index contributed by atoms with van der Waals surface area (Å²) in [7, 11) is 1.67. The summed E-state index contributed by atoms with van der Waals surface area (Å²) in [4.78, 5) is 31.8. The second-order valence-corrected chi connectivity index (χ2v) is 7.07. The molecular weight excluding hydrogens is 342 g/mol. The molecule has 1 saturated heterocycles. The van der Waals surface area contributed by atoms with E-state index in [1.165, 1.54) is 0 Å². The number of carbonyl (C=O) groups excluding carboxylic acids is 1. The van der Waals surface area contributed by atoms with E-state index in [0.29, 0.717) is 24.1 Å². The van der Waals surface area contributed by atoms with E-state index in [4.69, 9.17) is 0 Å². The quantitative estimate of drug-likeness (QED) is 0.830. The average molecular weight is 369 g/mol. The van der Waals surface area contributed by atoms with E-state index < -0.39 is 0 Å². The number of anilines is 2. The molecule has 8 heteroatoms. The van der Waals surface area contributed by atoms with Crippen molar-refractivity contribution in [3.63, 3.8) is 0 Å². The first-order valence-electron chi connectivity index (χ1n) is 9.31. The minimum absolute atomic E-state index is 0.0452. The van der Waals surface area contributed by atoms with Gasteiger partial charge in [0.15, 0.2) is 0 Å². The van der Waals surface area contributed by atoms with Crippen LogP contribution < -0.4 is 10.6 Å². The van der Waals surface area contributed by atoms with Gasteiger partial charge in [-0.2, -0.15) is 0 Å². The highest BCUT2D eigenvalue weighted by atomic mass is 16.1. The van der Waals surface area contributed by atoms with Crippen LogP contribution in [0.1, 0.15) is 41.7 Å². The van der Waals surface area contributed by atoms with Crippen LogP contribution in [-0.2, 0) is 4.79 Å². The molecule has 1 atom stereocenters. The number of hydrogen-bond donors (Lipinski definition) is 2. The Kier molecular flexibility index (Phi) is 5.95. The molecule has 0 aromatic carbocycles. The number of piperidine rings is 1. The highest BCUT2D eigenvalue weighted by Crippen LogP contribution is 2.27. The van der Waals surface area contributed by atoms with Gasteiger partial charge in [-0.25, -0.2) is 19.9 Å². The van der Waals surface area contributed by atoms with Crippen molar-refractivity contribution < 1.29 is 4.79 Å². The molecule has 1 unspecified atom stereocenters. The first kappa shape index (κ1) is 19.2. The van der Waals surface area contributed by atoms with E-state index in [-0.39, 0.29) is 11.8 Å². The summed E-state index contributed by atoms with van der Waals surface area (Å²) in [6.45, 7) is 7.97. The molecule has 144 valence electrons. The first-order chi connectivity index (χ1) is 12.9. The standard InChI is InChI=1S/C19H27N7O/c1-12-8-13(2)22-19(21-12)25-17-9-16(23-14(3)24-17)15-6-5-7-26(10-15)11-18(27)20-4/h8-9,15H,5-7,10-11H2,1-4H3,(H,20,27)(H,21,22,23,24,25). The smallest absolute Gasteiger partial charge is 0.233 e. The molecule has 1 fully saturated rings. The summed E-state index contributed by atoms with van der Waals surface area (Å²) in [5.74, 6) is 2.28. The summed E-state index contributed by atoms with van der Waals surface area (Å²) in [6.07, 6.45) is 2.11. The van der Waals surface area contributed by atoms with Crippen LogP contribution >= 0.6 is 0 Å². The summed E-state index contributed by atoms with van der Waals surface area (Å²) >= 11 is 0. The normalized spacial score (nSPS) is 17.6. The average Bonchev–Trinajstić information content (AvgIpc) is 2.60. The van der Waals surface area contributed by atoms with E-state index in [1.54, 1.807) is 7.05 Å². The third-order valence-electron chi connectivity index (χ3n) is 4.65. The minimum Gasteiger partial charge on any atom is -0.358 e. The van der Waals surface area contributed by atoms with Crippen molar-refractivity contribution in [3.8, 4) is 0 Å². The molecule has 0 spiro atoms. The monoisotopic (exact) mass is 369 g/mol. The van der Waals surface area contributed by atoms with Crippen LogP contribution in [-0.4, -0.2) is 57.4 Å². The number of carbonyl (C=O) groups is 1. The molecular formula is C19H27N7O. The Balaban J connectivity index is 1.77. The number of likely N-dealkylation sites (N-methyl/N-ethyl adjacent to an activating group) is 1. The molecule has 2 aromatic heterocycles. The molecule has 8 nitrogen and oxygen atoms in total. The number of likely N-dealkylation sites (tertiary alicyclic amines) is 1. The summed E-state index contributed by atoms with van der Waals surface area (Å²) < 4.78 is 0. The zero-order chi connectivity index (χ0) is 19.4. The number of aromatic nitrogens is 4. The maximum Gasteiger partial charge on any atom is 0.233 e. The van der Waals surface area contributed by atoms with Gasteiger partial charge >= 0.3 is 0 Å². The lowest BCUT2D eigenvalue weighted by Crippen LogP contribution is -2.41. The van der Waals surface area contributed by atoms with Crippen molar-refractivity contribution in [1.82, 2.24) is 30.2 Å². The van der Waals surface area contributed by atoms with Gasteiger partial charge < -0.3 is 10.6 Å². The molecule has 0 aliphatic carbocycles. The van der Waals surface area contributed by atoms with Crippen molar-refractivity contribution in [1.29, 1.82) is 0 Å². The maximum atomic E-state index is 11.7. The fourth-order valence-electron chi connectivity index (χ4n) is 3.48. The second kappa shape index (κ2) is 8.39. The third kappa shape index (κ3) is 5.19. The van der Waals surface area contributed by atoms with Gasteiger partial charge in [0.2, 0.25) is 11.9 Å². The lowest BCUT2D eigenvalue weighted by Gasteiger charge is -2.32. The third-order valence-corrected chi connectivity index (χ3v) is 4.65. The number of aryl methyl sites for hydroxylation is 3. The lowest BCUT2D eigenvalue weighted by molar-refractivity contribution is -0.122. The fourth-order valence-corrected chi connectivity index (χ4v) is 3.48. The van der Waals surface area contributed by atoms with Crippen molar-refractivity contribution in [2.24, 2.45) is 0 Å². The minimum atomic E-state index is 0.0452. The first-order valence-corrected chi connectivity index (χ1v) is 9.31. The predicted molar refractivity (Wildman–Crippen MR) is 104 cm³/mol. The Morgan fingerprint density at radius 3 is 2.59 bits per heavy atom. The number of nitrogens with zero attached hydrogens (tertiary/aromatic N) is 5. The Labute approximate surface area is 159 Å². The Bertz CT molecular complexity index is 803. The van der Waals surface area contributed by atoms with Gasteiger partial charge in [0.05, 0.1) is 12.2 Å². The second-order valence-electron chi connectivity index (χ2n) is 7.07. The molecule has 0 radical (unpaired) electrons. The SMILES string of the molecule is CNC(=O)CN1CCCC(c2cc(Nc3nc(C)cc(C)n3)nc(C)n2)C1. The molecule has 1 aliphatic rings. The number of nitrogens with one attached hydrogen (secondary N) is 2. The van der Waals surface area contributed by atoms with Gasteiger partial charge in [-0.15, -0.1) is 0 Å². The van der Waals surface area contributed by atoms with Crippen LogP contribution in [0.3, 0.4) is 0 Å². The van der Waals surface area contributed by atoms with E-state index in [9.17, 15) is 4.79 Å². The topological polar surface area (TPSA) is 95.9 Å². The van der Waals surface area contributed by atoms with Crippen molar-refractivity contribution in [2.75, 3.05) is 32.0 Å². The summed E-state index contributed by atoms with van der Waals surface area (Å²) in [5, 5.41) is 5.90. The number of hydrogen-bond acceptors (Lipinski definition) is 7. The van der Waals surface area contributed by atoms with Gasteiger partial charge in [0, 0.05) is 37.0 Å². The van der Waals surface area contributed by atoms with E-state index in [1.807, 2.05) is 32.9 Å². The van der Waals surface area contributed by atoms with Crippen LogP contribution in [0.2, 0.25) is 0 Å².